The van der Waals surface area contributed by atoms with Crippen LogP contribution in [-0.4, -0.2) is 24.2 Å². The molecule has 0 fully saturated rings. The topological polar surface area (TPSA) is 69.4 Å². The largest absolute Gasteiger partial charge is 0.493 e. The molecule has 2 rings (SSSR count). The predicted molar refractivity (Wildman–Crippen MR) is 73.8 cm³/mol. The molecule has 2 aromatic rings. The number of oxazole rings is 1. The number of aromatic nitrogens is 2. The van der Waals surface area contributed by atoms with E-state index in [-0.39, 0.29) is 6.04 Å². The summed E-state index contributed by atoms with van der Waals surface area (Å²) in [6.07, 6.45) is 3.40. The van der Waals surface area contributed by atoms with Gasteiger partial charge in [-0.25, -0.2) is 4.98 Å². The van der Waals surface area contributed by atoms with E-state index in [0.29, 0.717) is 23.9 Å². The Hall–Kier alpha value is -2.08. The number of methoxy groups -OCH3 is 2. The van der Waals surface area contributed by atoms with Crippen LogP contribution < -0.4 is 14.8 Å². The van der Waals surface area contributed by atoms with E-state index in [2.05, 4.69) is 15.3 Å². The normalized spacial score (nSPS) is 12.2. The lowest BCUT2D eigenvalue weighted by molar-refractivity contribution is 0.345. The number of nitrogens with one attached hydrogen (secondary N) is 1. The van der Waals surface area contributed by atoms with Gasteiger partial charge < -0.3 is 19.2 Å². The minimum atomic E-state index is -0.0126. The van der Waals surface area contributed by atoms with Gasteiger partial charge in [-0.3, -0.25) is 4.98 Å². The molecule has 1 N–H and O–H groups in total. The zero-order valence-electron chi connectivity index (χ0n) is 12.1. The maximum absolute atomic E-state index is 5.49. The number of ether oxygens (including phenoxy) is 2. The summed E-state index contributed by atoms with van der Waals surface area (Å²) in [6, 6.07) is 1.75. The molecule has 0 saturated heterocycles. The van der Waals surface area contributed by atoms with Gasteiger partial charge in [0, 0.05) is 18.8 Å². The second-order valence-electron chi connectivity index (χ2n) is 4.40. The van der Waals surface area contributed by atoms with Crippen molar-refractivity contribution >= 4 is 0 Å². The SMILES string of the molecule is COc1ccnc(CNC(C)c2ncc(C)o2)c1OC. The van der Waals surface area contributed by atoms with Crippen LogP contribution in [0.25, 0.3) is 0 Å². The first-order valence-electron chi connectivity index (χ1n) is 6.37. The molecule has 0 aliphatic carbocycles. The summed E-state index contributed by atoms with van der Waals surface area (Å²) >= 11 is 0. The van der Waals surface area contributed by atoms with E-state index in [9.17, 15) is 0 Å². The molecule has 1 unspecified atom stereocenters. The van der Waals surface area contributed by atoms with Crippen molar-refractivity contribution in [3.05, 3.63) is 35.8 Å². The molecule has 0 amide bonds. The molecule has 6 heteroatoms. The summed E-state index contributed by atoms with van der Waals surface area (Å²) in [5, 5.41) is 3.30. The summed E-state index contributed by atoms with van der Waals surface area (Å²) in [4.78, 5) is 8.51. The highest BCUT2D eigenvalue weighted by Gasteiger charge is 2.14. The van der Waals surface area contributed by atoms with Gasteiger partial charge in [0.15, 0.2) is 11.5 Å². The van der Waals surface area contributed by atoms with Crippen molar-refractivity contribution in [1.82, 2.24) is 15.3 Å². The molecule has 0 bridgehead atoms. The van der Waals surface area contributed by atoms with Gasteiger partial charge in [-0.1, -0.05) is 0 Å². The molecule has 6 nitrogen and oxygen atoms in total. The highest BCUT2D eigenvalue weighted by Crippen LogP contribution is 2.29. The fraction of sp³-hybridized carbons (Fsp3) is 0.429. The van der Waals surface area contributed by atoms with E-state index in [4.69, 9.17) is 13.9 Å². The van der Waals surface area contributed by atoms with E-state index in [1.807, 2.05) is 13.8 Å². The number of hydrogen-bond donors (Lipinski definition) is 1. The Morgan fingerprint density at radius 3 is 2.70 bits per heavy atom. The highest BCUT2D eigenvalue weighted by atomic mass is 16.5. The molecule has 0 aliphatic rings. The predicted octanol–water partition coefficient (Wildman–Crippen LogP) is 2.25. The third-order valence-electron chi connectivity index (χ3n) is 2.95. The van der Waals surface area contributed by atoms with Crippen LogP contribution in [0.4, 0.5) is 0 Å². The van der Waals surface area contributed by atoms with Gasteiger partial charge in [0.25, 0.3) is 0 Å². The molecule has 0 aliphatic heterocycles. The maximum Gasteiger partial charge on any atom is 0.211 e. The van der Waals surface area contributed by atoms with Gasteiger partial charge in [0.2, 0.25) is 5.89 Å². The summed E-state index contributed by atoms with van der Waals surface area (Å²) < 4.78 is 16.1. The molecule has 20 heavy (non-hydrogen) atoms. The number of rotatable bonds is 6. The Labute approximate surface area is 118 Å². The molecule has 2 heterocycles. The first-order valence-corrected chi connectivity index (χ1v) is 6.37. The van der Waals surface area contributed by atoms with Crippen LogP contribution in [0.2, 0.25) is 0 Å². The van der Waals surface area contributed by atoms with Gasteiger partial charge in [0.1, 0.15) is 5.76 Å². The van der Waals surface area contributed by atoms with E-state index >= 15 is 0 Å². The molecular formula is C14H19N3O3. The van der Waals surface area contributed by atoms with Gasteiger partial charge in [-0.05, 0) is 13.8 Å². The van der Waals surface area contributed by atoms with Gasteiger partial charge in [-0.15, -0.1) is 0 Å². The van der Waals surface area contributed by atoms with Crippen LogP contribution in [0.3, 0.4) is 0 Å². The molecule has 0 saturated carbocycles. The standard InChI is InChI=1S/C14H19N3O3/c1-9-7-17-14(20-9)10(2)16-8-11-13(19-4)12(18-3)5-6-15-11/h5-7,10,16H,8H2,1-4H3. The summed E-state index contributed by atoms with van der Waals surface area (Å²) in [7, 11) is 3.21. The molecular weight excluding hydrogens is 258 g/mol. The fourth-order valence-corrected chi connectivity index (χ4v) is 1.89. The quantitative estimate of drug-likeness (QED) is 0.873. The molecule has 108 valence electrons. The van der Waals surface area contributed by atoms with Crippen LogP contribution in [0.5, 0.6) is 11.5 Å². The van der Waals surface area contributed by atoms with Crippen LogP contribution in [0, 0.1) is 6.92 Å². The van der Waals surface area contributed by atoms with Crippen molar-refractivity contribution in [3.63, 3.8) is 0 Å². The van der Waals surface area contributed by atoms with Crippen LogP contribution in [0.1, 0.15) is 30.3 Å². The summed E-state index contributed by atoms with van der Waals surface area (Å²) in [5.74, 6) is 2.76. The first-order chi connectivity index (χ1) is 9.65. The van der Waals surface area contributed by atoms with Crippen LogP contribution in [-0.2, 0) is 6.54 Å². The number of aryl methyl sites for hydroxylation is 1. The van der Waals surface area contributed by atoms with Crippen molar-refractivity contribution in [1.29, 1.82) is 0 Å². The minimum absolute atomic E-state index is 0.0126. The third kappa shape index (κ3) is 3.08. The van der Waals surface area contributed by atoms with E-state index in [1.54, 1.807) is 32.7 Å². The Morgan fingerprint density at radius 1 is 1.30 bits per heavy atom. The Kier molecular flexibility index (Phi) is 4.57. The molecule has 0 aromatic carbocycles. The van der Waals surface area contributed by atoms with Gasteiger partial charge >= 0.3 is 0 Å². The first kappa shape index (κ1) is 14.3. The van der Waals surface area contributed by atoms with E-state index in [1.165, 1.54) is 0 Å². The maximum atomic E-state index is 5.49. The monoisotopic (exact) mass is 277 g/mol. The Morgan fingerprint density at radius 2 is 2.10 bits per heavy atom. The van der Waals surface area contributed by atoms with Crippen LogP contribution >= 0.6 is 0 Å². The molecule has 1 atom stereocenters. The highest BCUT2D eigenvalue weighted by molar-refractivity contribution is 5.42. The Bertz CT molecular complexity index is 569. The second-order valence-corrected chi connectivity index (χ2v) is 4.40. The van der Waals surface area contributed by atoms with Crippen molar-refractivity contribution in [2.24, 2.45) is 0 Å². The number of hydrogen-bond acceptors (Lipinski definition) is 6. The van der Waals surface area contributed by atoms with Crippen molar-refractivity contribution in [2.75, 3.05) is 14.2 Å². The molecule has 2 aromatic heterocycles. The molecule has 0 radical (unpaired) electrons. The summed E-state index contributed by atoms with van der Waals surface area (Å²) in [6.45, 7) is 4.39. The second kappa shape index (κ2) is 6.38. The fourth-order valence-electron chi connectivity index (χ4n) is 1.89. The molecule has 0 spiro atoms. The smallest absolute Gasteiger partial charge is 0.211 e. The minimum Gasteiger partial charge on any atom is -0.493 e. The van der Waals surface area contributed by atoms with E-state index in [0.717, 1.165) is 11.5 Å². The van der Waals surface area contributed by atoms with Crippen LogP contribution in [0.15, 0.2) is 22.9 Å². The number of pyridine rings is 1. The van der Waals surface area contributed by atoms with Gasteiger partial charge in [-0.2, -0.15) is 0 Å². The average molecular weight is 277 g/mol. The average Bonchev–Trinajstić information content (AvgIpc) is 2.90. The van der Waals surface area contributed by atoms with Crippen molar-refractivity contribution in [2.45, 2.75) is 26.4 Å². The van der Waals surface area contributed by atoms with Crippen molar-refractivity contribution in [3.8, 4) is 11.5 Å². The zero-order chi connectivity index (χ0) is 14.5. The zero-order valence-corrected chi connectivity index (χ0v) is 12.1. The van der Waals surface area contributed by atoms with E-state index < -0.39 is 0 Å². The third-order valence-corrected chi connectivity index (χ3v) is 2.95. The lowest BCUT2D eigenvalue weighted by Crippen LogP contribution is -2.19. The Balaban J connectivity index is 2.07. The van der Waals surface area contributed by atoms with Gasteiger partial charge in [0.05, 0.1) is 32.2 Å². The lowest BCUT2D eigenvalue weighted by Gasteiger charge is -2.14. The lowest BCUT2D eigenvalue weighted by atomic mass is 10.2. The van der Waals surface area contributed by atoms with Crippen molar-refractivity contribution < 1.29 is 13.9 Å². The summed E-state index contributed by atoms with van der Waals surface area (Å²) in [5.41, 5.74) is 0.780. The number of nitrogens with zero attached hydrogens (tertiary/aromatic N) is 2.